The molecule has 0 spiro atoms. The van der Waals surface area contributed by atoms with E-state index in [1.54, 1.807) is 11.3 Å². The second-order valence-electron chi connectivity index (χ2n) is 4.67. The molecule has 6 nitrogen and oxygen atoms in total. The minimum Gasteiger partial charge on any atom is -0.346 e. The highest BCUT2D eigenvalue weighted by Crippen LogP contribution is 2.22. The van der Waals surface area contributed by atoms with Crippen molar-refractivity contribution in [2.24, 2.45) is 0 Å². The first-order valence-corrected chi connectivity index (χ1v) is 8.68. The lowest BCUT2D eigenvalue weighted by atomic mass is 10.3. The molecule has 0 aliphatic carbocycles. The number of hydrogen-bond acceptors (Lipinski definition) is 6. The molecule has 0 bridgehead atoms. The monoisotopic (exact) mass is 325 g/mol. The van der Waals surface area contributed by atoms with E-state index >= 15 is 0 Å². The van der Waals surface area contributed by atoms with Crippen LogP contribution >= 0.6 is 23.1 Å². The van der Waals surface area contributed by atoms with Gasteiger partial charge in [0.2, 0.25) is 5.91 Å². The summed E-state index contributed by atoms with van der Waals surface area (Å²) in [4.78, 5) is 20.5. The summed E-state index contributed by atoms with van der Waals surface area (Å²) in [6.45, 7) is 6.76. The molecule has 8 heteroatoms. The Morgan fingerprint density at radius 2 is 2.38 bits per heavy atom. The van der Waals surface area contributed by atoms with Crippen molar-refractivity contribution in [1.29, 1.82) is 0 Å². The number of hydrogen-bond donors (Lipinski definition) is 1. The first kappa shape index (κ1) is 16.0. The number of thioether (sulfide) groups is 1. The Labute approximate surface area is 132 Å². The van der Waals surface area contributed by atoms with E-state index in [1.807, 2.05) is 23.9 Å². The fourth-order valence-electron chi connectivity index (χ4n) is 1.87. The number of aryl methyl sites for hydroxylation is 2. The first-order chi connectivity index (χ1) is 10.1. The Bertz CT molecular complexity index is 595. The summed E-state index contributed by atoms with van der Waals surface area (Å²) in [5.74, 6) is 1.13. The van der Waals surface area contributed by atoms with Gasteiger partial charge in [-0.3, -0.25) is 4.79 Å². The predicted molar refractivity (Wildman–Crippen MR) is 84.4 cm³/mol. The van der Waals surface area contributed by atoms with Crippen LogP contribution in [0.1, 0.15) is 37.8 Å². The van der Waals surface area contributed by atoms with Crippen molar-refractivity contribution in [2.45, 2.75) is 44.1 Å². The number of thiazole rings is 1. The third kappa shape index (κ3) is 4.53. The van der Waals surface area contributed by atoms with Crippen molar-refractivity contribution < 1.29 is 4.79 Å². The van der Waals surface area contributed by atoms with E-state index < -0.39 is 0 Å². The second-order valence-corrected chi connectivity index (χ2v) is 6.75. The highest BCUT2D eigenvalue weighted by atomic mass is 32.2. The van der Waals surface area contributed by atoms with Gasteiger partial charge in [-0.15, -0.1) is 11.3 Å². The highest BCUT2D eigenvalue weighted by molar-refractivity contribution is 8.01. The maximum absolute atomic E-state index is 12.0. The molecule has 1 N–H and O–H groups in total. The molecule has 0 radical (unpaired) electrons. The minimum absolute atomic E-state index is 0.0219. The van der Waals surface area contributed by atoms with Crippen molar-refractivity contribution in [1.82, 2.24) is 25.1 Å². The van der Waals surface area contributed by atoms with E-state index in [4.69, 9.17) is 0 Å². The van der Waals surface area contributed by atoms with Gasteiger partial charge in [0.25, 0.3) is 0 Å². The number of nitrogens with zero attached hydrogens (tertiary/aromatic N) is 4. The molecule has 0 aromatic carbocycles. The molecule has 0 saturated heterocycles. The summed E-state index contributed by atoms with van der Waals surface area (Å²) in [5, 5.41) is 9.11. The Balaban J connectivity index is 1.85. The van der Waals surface area contributed by atoms with Gasteiger partial charge >= 0.3 is 0 Å². The van der Waals surface area contributed by atoms with Gasteiger partial charge in [-0.25, -0.2) is 14.6 Å². The zero-order valence-corrected chi connectivity index (χ0v) is 14.0. The fourth-order valence-corrected chi connectivity index (χ4v) is 3.53. The maximum atomic E-state index is 12.0. The molecule has 0 aliphatic heterocycles. The number of nitrogens with one attached hydrogen (secondary N) is 1. The predicted octanol–water partition coefficient (Wildman–Crippen LogP) is 2.42. The second kappa shape index (κ2) is 7.56. The van der Waals surface area contributed by atoms with Gasteiger partial charge in [-0.1, -0.05) is 18.7 Å². The third-order valence-electron chi connectivity index (χ3n) is 2.77. The largest absolute Gasteiger partial charge is 0.346 e. The van der Waals surface area contributed by atoms with Crippen LogP contribution in [0.4, 0.5) is 0 Å². The van der Waals surface area contributed by atoms with Crippen molar-refractivity contribution >= 4 is 29.0 Å². The van der Waals surface area contributed by atoms with E-state index in [1.165, 1.54) is 18.1 Å². The van der Waals surface area contributed by atoms with Crippen LogP contribution in [0.15, 0.2) is 16.0 Å². The van der Waals surface area contributed by atoms with Crippen LogP contribution in [0.3, 0.4) is 0 Å². The summed E-state index contributed by atoms with van der Waals surface area (Å²) in [5.41, 5.74) is 0.990. The number of carbonyl (C=O) groups is 1. The zero-order valence-electron chi connectivity index (χ0n) is 12.4. The Kier molecular flexibility index (Phi) is 5.75. The Morgan fingerprint density at radius 1 is 1.57 bits per heavy atom. The minimum atomic E-state index is -0.148. The lowest BCUT2D eigenvalue weighted by Gasteiger charge is -2.14. The van der Waals surface area contributed by atoms with Crippen LogP contribution in [0.5, 0.6) is 0 Å². The summed E-state index contributed by atoms with van der Waals surface area (Å²) in [6, 6.07) is -0.148. The topological polar surface area (TPSA) is 72.7 Å². The molecule has 0 fully saturated rings. The van der Waals surface area contributed by atoms with Gasteiger partial charge in [0, 0.05) is 17.6 Å². The molecule has 1 amide bonds. The Morgan fingerprint density at radius 3 is 3.05 bits per heavy atom. The first-order valence-electron chi connectivity index (χ1n) is 6.82. The van der Waals surface area contributed by atoms with E-state index in [0.29, 0.717) is 5.75 Å². The quantitative estimate of drug-likeness (QED) is 0.792. The van der Waals surface area contributed by atoms with Crippen LogP contribution in [0, 0.1) is 6.92 Å². The molecular formula is C13H19N5OS2. The third-order valence-corrected chi connectivity index (χ3v) is 4.91. The average Bonchev–Trinajstić information content (AvgIpc) is 3.06. The van der Waals surface area contributed by atoms with Gasteiger partial charge in [0.05, 0.1) is 11.8 Å². The van der Waals surface area contributed by atoms with Crippen molar-refractivity contribution in [3.8, 4) is 0 Å². The molecule has 2 rings (SSSR count). The summed E-state index contributed by atoms with van der Waals surface area (Å²) >= 11 is 3.02. The van der Waals surface area contributed by atoms with E-state index in [0.717, 1.165) is 28.8 Å². The van der Waals surface area contributed by atoms with Gasteiger partial charge in [0.1, 0.15) is 12.2 Å². The number of amides is 1. The Hall–Kier alpha value is -1.41. The van der Waals surface area contributed by atoms with Crippen LogP contribution < -0.4 is 5.32 Å². The van der Waals surface area contributed by atoms with Gasteiger partial charge in [-0.2, -0.15) is 5.10 Å². The van der Waals surface area contributed by atoms with Crippen molar-refractivity contribution in [3.63, 3.8) is 0 Å². The van der Waals surface area contributed by atoms with E-state index in [-0.39, 0.29) is 11.9 Å². The van der Waals surface area contributed by atoms with Crippen LogP contribution in [-0.2, 0) is 11.3 Å². The molecule has 1 unspecified atom stereocenters. The normalized spacial score (nSPS) is 12.3. The smallest absolute Gasteiger partial charge is 0.231 e. The molecule has 1 atom stereocenters. The fraction of sp³-hybridized carbons (Fsp3) is 0.538. The van der Waals surface area contributed by atoms with Crippen molar-refractivity contribution in [3.05, 3.63) is 23.2 Å². The SMILES string of the molecule is CCCn1ncnc1C(C)NC(=O)CSc1nc(C)cs1. The molecule has 0 aliphatic rings. The lowest BCUT2D eigenvalue weighted by Crippen LogP contribution is -2.30. The maximum Gasteiger partial charge on any atom is 0.231 e. The molecule has 21 heavy (non-hydrogen) atoms. The number of rotatable bonds is 7. The highest BCUT2D eigenvalue weighted by Gasteiger charge is 2.15. The van der Waals surface area contributed by atoms with Crippen LogP contribution in [-0.4, -0.2) is 31.4 Å². The molecule has 2 heterocycles. The number of aromatic nitrogens is 4. The standard InChI is InChI=1S/C13H19N5OS2/c1-4-5-18-12(14-8-15-18)10(3)17-11(19)7-21-13-16-9(2)6-20-13/h6,8,10H,4-5,7H2,1-3H3,(H,17,19). The summed E-state index contributed by atoms with van der Waals surface area (Å²) < 4.78 is 2.76. The van der Waals surface area contributed by atoms with E-state index in [2.05, 4.69) is 27.3 Å². The van der Waals surface area contributed by atoms with Crippen LogP contribution in [0.25, 0.3) is 0 Å². The lowest BCUT2D eigenvalue weighted by molar-refractivity contribution is -0.119. The molecule has 114 valence electrons. The molecule has 0 saturated carbocycles. The van der Waals surface area contributed by atoms with Crippen LogP contribution in [0.2, 0.25) is 0 Å². The zero-order chi connectivity index (χ0) is 15.2. The molecule has 2 aromatic rings. The average molecular weight is 325 g/mol. The van der Waals surface area contributed by atoms with Gasteiger partial charge < -0.3 is 5.32 Å². The van der Waals surface area contributed by atoms with Gasteiger partial charge in [0.15, 0.2) is 4.34 Å². The van der Waals surface area contributed by atoms with E-state index in [9.17, 15) is 4.79 Å². The number of carbonyl (C=O) groups excluding carboxylic acids is 1. The molecular weight excluding hydrogens is 306 g/mol. The molecule has 2 aromatic heterocycles. The van der Waals surface area contributed by atoms with Crippen molar-refractivity contribution in [2.75, 3.05) is 5.75 Å². The summed E-state index contributed by atoms with van der Waals surface area (Å²) in [7, 11) is 0. The summed E-state index contributed by atoms with van der Waals surface area (Å²) in [6.07, 6.45) is 2.51. The van der Waals surface area contributed by atoms with Gasteiger partial charge in [-0.05, 0) is 20.3 Å².